The number of hydrogen-bond donors (Lipinski definition) is 1. The monoisotopic (exact) mass is 323 g/mol. The predicted molar refractivity (Wildman–Crippen MR) is 79.0 cm³/mol. The van der Waals surface area contributed by atoms with Gasteiger partial charge >= 0.3 is 0 Å². The second-order valence-electron chi connectivity index (χ2n) is 4.06. The van der Waals surface area contributed by atoms with Gasteiger partial charge in [0.25, 0.3) is 0 Å². The SMILES string of the molecule is CCOc1cccc(CNc2ccc(F)c(Br)c2)c1. The van der Waals surface area contributed by atoms with Crippen LogP contribution in [0.25, 0.3) is 0 Å². The van der Waals surface area contributed by atoms with Gasteiger partial charge in [0.2, 0.25) is 0 Å². The van der Waals surface area contributed by atoms with Gasteiger partial charge in [0.1, 0.15) is 11.6 Å². The van der Waals surface area contributed by atoms with Gasteiger partial charge < -0.3 is 10.1 Å². The predicted octanol–water partition coefficient (Wildman–Crippen LogP) is 4.60. The maximum absolute atomic E-state index is 13.1. The van der Waals surface area contributed by atoms with Crippen molar-refractivity contribution in [2.75, 3.05) is 11.9 Å². The smallest absolute Gasteiger partial charge is 0.137 e. The van der Waals surface area contributed by atoms with E-state index in [1.807, 2.05) is 31.2 Å². The zero-order valence-electron chi connectivity index (χ0n) is 10.6. The largest absolute Gasteiger partial charge is 0.494 e. The lowest BCUT2D eigenvalue weighted by molar-refractivity contribution is 0.340. The van der Waals surface area contributed by atoms with E-state index in [1.54, 1.807) is 12.1 Å². The molecule has 0 heterocycles. The van der Waals surface area contributed by atoms with Gasteiger partial charge in [-0.3, -0.25) is 0 Å². The van der Waals surface area contributed by atoms with Crippen LogP contribution in [0.15, 0.2) is 46.9 Å². The maximum atomic E-state index is 13.1. The summed E-state index contributed by atoms with van der Waals surface area (Å²) in [5.41, 5.74) is 1.99. The van der Waals surface area contributed by atoms with E-state index in [0.29, 0.717) is 17.6 Å². The Morgan fingerprint density at radius 1 is 1.21 bits per heavy atom. The number of hydrogen-bond acceptors (Lipinski definition) is 2. The highest BCUT2D eigenvalue weighted by Gasteiger charge is 2.01. The molecule has 0 spiro atoms. The van der Waals surface area contributed by atoms with Crippen LogP contribution in [0, 0.1) is 5.82 Å². The zero-order valence-corrected chi connectivity index (χ0v) is 12.2. The molecule has 1 N–H and O–H groups in total. The third-order valence-electron chi connectivity index (χ3n) is 2.63. The molecule has 19 heavy (non-hydrogen) atoms. The van der Waals surface area contributed by atoms with E-state index in [0.717, 1.165) is 17.0 Å². The van der Waals surface area contributed by atoms with Crippen molar-refractivity contribution in [2.24, 2.45) is 0 Å². The van der Waals surface area contributed by atoms with Crippen LogP contribution in [0.3, 0.4) is 0 Å². The first-order valence-corrected chi connectivity index (χ1v) is 6.89. The first-order chi connectivity index (χ1) is 9.19. The van der Waals surface area contributed by atoms with Crippen LogP contribution < -0.4 is 10.1 Å². The molecule has 100 valence electrons. The Morgan fingerprint density at radius 3 is 2.79 bits per heavy atom. The normalized spacial score (nSPS) is 10.3. The van der Waals surface area contributed by atoms with Crippen molar-refractivity contribution in [3.05, 3.63) is 58.3 Å². The molecule has 0 aliphatic heterocycles. The Bertz CT molecular complexity index is 560. The lowest BCUT2D eigenvalue weighted by atomic mass is 10.2. The molecule has 0 unspecified atom stereocenters. The van der Waals surface area contributed by atoms with Crippen LogP contribution in [0.1, 0.15) is 12.5 Å². The molecule has 0 saturated carbocycles. The fourth-order valence-electron chi connectivity index (χ4n) is 1.72. The number of rotatable bonds is 5. The fourth-order valence-corrected chi connectivity index (χ4v) is 2.10. The maximum Gasteiger partial charge on any atom is 0.137 e. The molecule has 0 aliphatic carbocycles. The molecule has 0 aromatic heterocycles. The quantitative estimate of drug-likeness (QED) is 0.868. The summed E-state index contributed by atoms with van der Waals surface area (Å²) in [6.45, 7) is 3.28. The second-order valence-corrected chi connectivity index (χ2v) is 4.92. The summed E-state index contributed by atoms with van der Waals surface area (Å²) in [5, 5.41) is 3.25. The number of nitrogens with one attached hydrogen (secondary N) is 1. The molecule has 0 radical (unpaired) electrons. The van der Waals surface area contributed by atoms with Crippen LogP contribution >= 0.6 is 15.9 Å². The average Bonchev–Trinajstić information content (AvgIpc) is 2.41. The number of halogens is 2. The Kier molecular flexibility index (Phi) is 4.80. The third-order valence-corrected chi connectivity index (χ3v) is 3.23. The van der Waals surface area contributed by atoms with Crippen molar-refractivity contribution >= 4 is 21.6 Å². The molecular formula is C15H15BrFNO. The minimum atomic E-state index is -0.260. The Morgan fingerprint density at radius 2 is 2.05 bits per heavy atom. The summed E-state index contributed by atoms with van der Waals surface area (Å²) in [6, 6.07) is 12.8. The lowest BCUT2D eigenvalue weighted by Crippen LogP contribution is -2.00. The minimum Gasteiger partial charge on any atom is -0.494 e. The van der Waals surface area contributed by atoms with Crippen molar-refractivity contribution in [2.45, 2.75) is 13.5 Å². The summed E-state index contributed by atoms with van der Waals surface area (Å²) in [7, 11) is 0. The highest BCUT2D eigenvalue weighted by molar-refractivity contribution is 9.10. The Hall–Kier alpha value is -1.55. The number of anilines is 1. The molecule has 2 rings (SSSR count). The van der Waals surface area contributed by atoms with Crippen LogP contribution in [0.2, 0.25) is 0 Å². The van der Waals surface area contributed by atoms with Gasteiger partial charge in [-0.25, -0.2) is 4.39 Å². The fraction of sp³-hybridized carbons (Fsp3) is 0.200. The molecule has 0 aliphatic rings. The molecule has 2 aromatic rings. The molecule has 0 saturated heterocycles. The van der Waals surface area contributed by atoms with E-state index in [9.17, 15) is 4.39 Å². The summed E-state index contributed by atoms with van der Waals surface area (Å²) < 4.78 is 19.0. The minimum absolute atomic E-state index is 0.260. The molecule has 0 fully saturated rings. The molecule has 2 nitrogen and oxygen atoms in total. The number of ether oxygens (including phenoxy) is 1. The summed E-state index contributed by atoms with van der Waals surface area (Å²) in [6.07, 6.45) is 0. The van der Waals surface area contributed by atoms with Crippen LogP contribution in [-0.4, -0.2) is 6.61 Å². The summed E-state index contributed by atoms with van der Waals surface area (Å²) in [5.74, 6) is 0.603. The topological polar surface area (TPSA) is 21.3 Å². The third kappa shape index (κ3) is 3.96. The van der Waals surface area contributed by atoms with E-state index in [2.05, 4.69) is 21.2 Å². The van der Waals surface area contributed by atoms with Crippen LogP contribution in [0.5, 0.6) is 5.75 Å². The van der Waals surface area contributed by atoms with Gasteiger partial charge in [-0.2, -0.15) is 0 Å². The van der Waals surface area contributed by atoms with Crippen molar-refractivity contribution in [3.63, 3.8) is 0 Å². The van der Waals surface area contributed by atoms with E-state index in [4.69, 9.17) is 4.74 Å². The summed E-state index contributed by atoms with van der Waals surface area (Å²) in [4.78, 5) is 0. The Balaban J connectivity index is 2.01. The van der Waals surface area contributed by atoms with Crippen molar-refractivity contribution in [1.29, 1.82) is 0 Å². The van der Waals surface area contributed by atoms with E-state index in [-0.39, 0.29) is 5.82 Å². The molecule has 0 amide bonds. The van der Waals surface area contributed by atoms with Crippen molar-refractivity contribution < 1.29 is 9.13 Å². The molecule has 0 bridgehead atoms. The second kappa shape index (κ2) is 6.57. The van der Waals surface area contributed by atoms with Crippen molar-refractivity contribution in [3.8, 4) is 5.75 Å². The van der Waals surface area contributed by atoms with Crippen LogP contribution in [-0.2, 0) is 6.54 Å². The van der Waals surface area contributed by atoms with Gasteiger partial charge in [-0.1, -0.05) is 12.1 Å². The average molecular weight is 324 g/mol. The highest BCUT2D eigenvalue weighted by Crippen LogP contribution is 2.21. The van der Waals surface area contributed by atoms with Gasteiger partial charge in [-0.05, 0) is 58.7 Å². The zero-order chi connectivity index (χ0) is 13.7. The summed E-state index contributed by atoms with van der Waals surface area (Å²) >= 11 is 3.17. The van der Waals surface area contributed by atoms with Gasteiger partial charge in [0.05, 0.1) is 11.1 Å². The molecule has 0 atom stereocenters. The van der Waals surface area contributed by atoms with Gasteiger partial charge in [0, 0.05) is 12.2 Å². The highest BCUT2D eigenvalue weighted by atomic mass is 79.9. The first kappa shape index (κ1) is 13.9. The molecular weight excluding hydrogens is 309 g/mol. The molecule has 2 aromatic carbocycles. The van der Waals surface area contributed by atoms with Gasteiger partial charge in [0.15, 0.2) is 0 Å². The molecule has 4 heteroatoms. The van der Waals surface area contributed by atoms with Crippen LogP contribution in [0.4, 0.5) is 10.1 Å². The Labute approximate surface area is 120 Å². The van der Waals surface area contributed by atoms with E-state index < -0.39 is 0 Å². The first-order valence-electron chi connectivity index (χ1n) is 6.09. The van der Waals surface area contributed by atoms with Gasteiger partial charge in [-0.15, -0.1) is 0 Å². The van der Waals surface area contributed by atoms with E-state index >= 15 is 0 Å². The van der Waals surface area contributed by atoms with E-state index in [1.165, 1.54) is 6.07 Å². The standard InChI is InChI=1S/C15H15BrFNO/c1-2-19-13-5-3-4-11(8-13)10-18-12-6-7-15(17)14(16)9-12/h3-9,18H,2,10H2,1H3. The van der Waals surface area contributed by atoms with Crippen molar-refractivity contribution in [1.82, 2.24) is 0 Å². The lowest BCUT2D eigenvalue weighted by Gasteiger charge is -2.09. The number of benzene rings is 2.